The van der Waals surface area contributed by atoms with Crippen LogP contribution in [0.4, 0.5) is 0 Å². The third-order valence-electron chi connectivity index (χ3n) is 5.12. The molecular weight excluding hydrogens is 304 g/mol. The van der Waals surface area contributed by atoms with Crippen molar-refractivity contribution in [2.75, 3.05) is 32.7 Å². The van der Waals surface area contributed by atoms with Crippen molar-refractivity contribution in [3.63, 3.8) is 0 Å². The molecule has 0 aliphatic carbocycles. The predicted octanol–water partition coefficient (Wildman–Crippen LogP) is 5.50. The maximum atomic E-state index is 3.88. The Morgan fingerprint density at radius 2 is 1.64 bits per heavy atom. The van der Waals surface area contributed by atoms with E-state index < -0.39 is 0 Å². The van der Waals surface area contributed by atoms with Crippen LogP contribution >= 0.6 is 0 Å². The lowest BCUT2D eigenvalue weighted by Gasteiger charge is -2.26. The molecule has 2 fully saturated rings. The number of nitrogens with zero attached hydrogens (tertiary/aromatic N) is 1. The van der Waals surface area contributed by atoms with Crippen molar-refractivity contribution in [2.45, 2.75) is 59.8 Å². The Morgan fingerprint density at radius 1 is 1.00 bits per heavy atom. The van der Waals surface area contributed by atoms with Crippen molar-refractivity contribution in [1.29, 1.82) is 0 Å². The van der Waals surface area contributed by atoms with Crippen molar-refractivity contribution < 1.29 is 0 Å². The van der Waals surface area contributed by atoms with Crippen LogP contribution in [0.2, 0.25) is 0 Å². The van der Waals surface area contributed by atoms with Crippen LogP contribution in [0.3, 0.4) is 0 Å². The number of hydrogen-bond acceptors (Lipinski definition) is 2. The van der Waals surface area contributed by atoms with E-state index in [-0.39, 0.29) is 0 Å². The molecule has 0 spiro atoms. The fourth-order valence-corrected chi connectivity index (χ4v) is 3.42. The van der Waals surface area contributed by atoms with Crippen molar-refractivity contribution in [2.24, 2.45) is 5.92 Å². The number of rotatable bonds is 5. The molecule has 0 atom stereocenters. The van der Waals surface area contributed by atoms with Gasteiger partial charge in [0.25, 0.3) is 0 Å². The van der Waals surface area contributed by atoms with E-state index in [1.807, 2.05) is 6.92 Å². The third kappa shape index (κ3) is 9.81. The van der Waals surface area contributed by atoms with Gasteiger partial charge in [0.2, 0.25) is 0 Å². The molecule has 2 heterocycles. The van der Waals surface area contributed by atoms with Gasteiger partial charge in [-0.25, -0.2) is 0 Å². The summed E-state index contributed by atoms with van der Waals surface area (Å²) in [5.41, 5.74) is 4.10. The van der Waals surface area contributed by atoms with Crippen LogP contribution in [0.15, 0.2) is 47.6 Å². The van der Waals surface area contributed by atoms with E-state index >= 15 is 0 Å². The fraction of sp³-hybridized carbons (Fsp3) is 0.652. The summed E-state index contributed by atoms with van der Waals surface area (Å²) in [4.78, 5) is 2.55. The van der Waals surface area contributed by atoms with Crippen LogP contribution in [0.1, 0.15) is 59.8 Å². The van der Waals surface area contributed by atoms with Crippen molar-refractivity contribution in [1.82, 2.24) is 10.2 Å². The highest BCUT2D eigenvalue weighted by Crippen LogP contribution is 2.22. The molecule has 2 nitrogen and oxygen atoms in total. The molecule has 25 heavy (non-hydrogen) atoms. The van der Waals surface area contributed by atoms with Gasteiger partial charge in [-0.1, -0.05) is 48.5 Å². The highest BCUT2D eigenvalue weighted by molar-refractivity contribution is 5.27. The van der Waals surface area contributed by atoms with Gasteiger partial charge in [-0.15, -0.1) is 0 Å². The van der Waals surface area contributed by atoms with E-state index in [4.69, 9.17) is 0 Å². The molecule has 0 radical (unpaired) electrons. The standard InChI is InChI=1S/C13H21N.C10H19N/c1-4-12(6-5-11(2)3)13-7-9-14-10-8-13;1-3-10(2)9-11-7-5-4-6-8-11/h4-6,13-14H,2,7-10H2,1,3H3;3H,4-9H2,1-2H3/b6-5-,12-4+;10-3+. The Morgan fingerprint density at radius 3 is 2.16 bits per heavy atom. The molecule has 2 heteroatoms. The molecule has 0 aromatic heterocycles. The van der Waals surface area contributed by atoms with Gasteiger partial charge in [-0.3, -0.25) is 4.90 Å². The number of nitrogens with one attached hydrogen (secondary N) is 1. The van der Waals surface area contributed by atoms with Gasteiger partial charge < -0.3 is 5.32 Å². The normalized spacial score (nSPS) is 21.1. The molecule has 142 valence electrons. The van der Waals surface area contributed by atoms with Crippen molar-refractivity contribution >= 4 is 0 Å². The lowest BCUT2D eigenvalue weighted by atomic mass is 9.89. The van der Waals surface area contributed by atoms with Crippen LogP contribution in [0.25, 0.3) is 0 Å². The molecule has 0 saturated carbocycles. The summed E-state index contributed by atoms with van der Waals surface area (Å²) in [6.07, 6.45) is 15.5. The second kappa shape index (κ2) is 13.1. The van der Waals surface area contributed by atoms with Crippen molar-refractivity contribution in [3.8, 4) is 0 Å². The first-order valence-electron chi connectivity index (χ1n) is 10.1. The van der Waals surface area contributed by atoms with E-state index in [2.05, 4.69) is 61.9 Å². The first-order valence-corrected chi connectivity index (χ1v) is 10.1. The average molecular weight is 345 g/mol. The number of likely N-dealkylation sites (tertiary alicyclic amines) is 1. The van der Waals surface area contributed by atoms with E-state index in [1.165, 1.54) is 62.9 Å². The first-order chi connectivity index (χ1) is 12.1. The van der Waals surface area contributed by atoms with Gasteiger partial charge >= 0.3 is 0 Å². The highest BCUT2D eigenvalue weighted by Gasteiger charge is 2.14. The molecule has 0 aromatic carbocycles. The second-order valence-electron chi connectivity index (χ2n) is 7.46. The zero-order valence-corrected chi connectivity index (χ0v) is 17.1. The number of piperidine rings is 2. The first kappa shape index (κ1) is 21.9. The van der Waals surface area contributed by atoms with E-state index in [9.17, 15) is 0 Å². The summed E-state index contributed by atoms with van der Waals surface area (Å²) in [6.45, 7) is 18.5. The fourth-order valence-electron chi connectivity index (χ4n) is 3.42. The average Bonchev–Trinajstić information content (AvgIpc) is 2.64. The smallest absolute Gasteiger partial charge is 0.0189 e. The van der Waals surface area contributed by atoms with Crippen LogP contribution in [0, 0.1) is 5.92 Å². The van der Waals surface area contributed by atoms with Gasteiger partial charge in [0.15, 0.2) is 0 Å². The maximum absolute atomic E-state index is 3.88. The van der Waals surface area contributed by atoms with Crippen LogP contribution < -0.4 is 5.32 Å². The summed E-state index contributed by atoms with van der Waals surface area (Å²) in [5.74, 6) is 0.747. The highest BCUT2D eigenvalue weighted by atomic mass is 15.1. The zero-order chi connectivity index (χ0) is 18.5. The minimum atomic E-state index is 0.747. The molecule has 2 saturated heterocycles. The lowest BCUT2D eigenvalue weighted by molar-refractivity contribution is 0.246. The van der Waals surface area contributed by atoms with Crippen LogP contribution in [-0.4, -0.2) is 37.6 Å². The molecule has 0 amide bonds. The predicted molar refractivity (Wildman–Crippen MR) is 113 cm³/mol. The molecule has 2 aliphatic heterocycles. The number of allylic oxidation sites excluding steroid dienone is 6. The van der Waals surface area contributed by atoms with E-state index in [0.717, 1.165) is 24.6 Å². The van der Waals surface area contributed by atoms with Gasteiger partial charge in [0, 0.05) is 6.54 Å². The Balaban J connectivity index is 0.000000257. The molecular formula is C23H40N2. The second-order valence-corrected chi connectivity index (χ2v) is 7.46. The molecule has 0 unspecified atom stereocenters. The van der Waals surface area contributed by atoms with E-state index in [0.29, 0.717) is 0 Å². The third-order valence-corrected chi connectivity index (χ3v) is 5.12. The minimum Gasteiger partial charge on any atom is -0.317 e. The maximum Gasteiger partial charge on any atom is 0.0189 e. The summed E-state index contributed by atoms with van der Waals surface area (Å²) in [6, 6.07) is 0. The van der Waals surface area contributed by atoms with Crippen LogP contribution in [-0.2, 0) is 0 Å². The Labute approximate surface area is 156 Å². The van der Waals surface area contributed by atoms with Crippen LogP contribution in [0.5, 0.6) is 0 Å². The van der Waals surface area contributed by atoms with Gasteiger partial charge in [-0.05, 0) is 91.0 Å². The largest absolute Gasteiger partial charge is 0.317 e. The topological polar surface area (TPSA) is 15.3 Å². The lowest BCUT2D eigenvalue weighted by Crippen LogP contribution is -2.30. The Hall–Kier alpha value is -1.12. The zero-order valence-electron chi connectivity index (χ0n) is 17.1. The number of hydrogen-bond donors (Lipinski definition) is 1. The molecule has 0 bridgehead atoms. The SMILES string of the molecule is C/C=C(\C)CN1CCCCC1.C=C(C)/C=C\C(=C/C)C1CCNCC1. The summed E-state index contributed by atoms with van der Waals surface area (Å²) < 4.78 is 0. The monoisotopic (exact) mass is 344 g/mol. The minimum absolute atomic E-state index is 0.747. The van der Waals surface area contributed by atoms with Gasteiger partial charge in [-0.2, -0.15) is 0 Å². The van der Waals surface area contributed by atoms with Gasteiger partial charge in [0.05, 0.1) is 0 Å². The van der Waals surface area contributed by atoms with Gasteiger partial charge in [0.1, 0.15) is 0 Å². The van der Waals surface area contributed by atoms with Crippen molar-refractivity contribution in [3.05, 3.63) is 47.6 Å². The molecule has 2 rings (SSSR count). The molecule has 0 aromatic rings. The summed E-state index contributed by atoms with van der Waals surface area (Å²) >= 11 is 0. The quantitative estimate of drug-likeness (QED) is 0.523. The Kier molecular flexibility index (Phi) is 11.5. The summed E-state index contributed by atoms with van der Waals surface area (Å²) in [5, 5.41) is 3.39. The Bertz CT molecular complexity index is 458. The summed E-state index contributed by atoms with van der Waals surface area (Å²) in [7, 11) is 0. The van der Waals surface area contributed by atoms with E-state index in [1.54, 1.807) is 0 Å². The molecule has 2 aliphatic rings. The molecule has 1 N–H and O–H groups in total.